The number of esters is 1. The minimum absolute atomic E-state index is 0.0722. The van der Waals surface area contributed by atoms with E-state index in [-0.39, 0.29) is 24.3 Å². The van der Waals surface area contributed by atoms with Gasteiger partial charge >= 0.3 is 5.97 Å². The molecule has 29 heavy (non-hydrogen) atoms. The monoisotopic (exact) mass is 398 g/mol. The minimum atomic E-state index is -1.04. The zero-order valence-electron chi connectivity index (χ0n) is 15.6. The van der Waals surface area contributed by atoms with Crippen LogP contribution in [-0.2, 0) is 16.1 Å². The number of halogens is 1. The SMILES string of the molecule is CC[C@@H](OC(=O)c1ccc(Cn2ccccc2=O)o1)C(=O)Nc1ccc(F)cc1. The van der Waals surface area contributed by atoms with E-state index in [9.17, 15) is 18.8 Å². The fourth-order valence-corrected chi connectivity index (χ4v) is 2.60. The molecule has 2 aromatic heterocycles. The van der Waals surface area contributed by atoms with Gasteiger partial charge in [0.2, 0.25) is 5.76 Å². The lowest BCUT2D eigenvalue weighted by Gasteiger charge is -2.15. The van der Waals surface area contributed by atoms with E-state index in [1.165, 1.54) is 41.0 Å². The third-order valence-electron chi connectivity index (χ3n) is 4.11. The molecule has 0 saturated heterocycles. The van der Waals surface area contributed by atoms with Crippen molar-refractivity contribution in [3.8, 4) is 0 Å². The molecule has 0 unspecified atom stereocenters. The van der Waals surface area contributed by atoms with Crippen LogP contribution in [0.2, 0.25) is 0 Å². The van der Waals surface area contributed by atoms with Crippen molar-refractivity contribution in [2.75, 3.05) is 5.32 Å². The largest absolute Gasteiger partial charge is 0.452 e. The molecule has 7 nitrogen and oxygen atoms in total. The topological polar surface area (TPSA) is 90.5 Å². The highest BCUT2D eigenvalue weighted by Crippen LogP contribution is 2.14. The quantitative estimate of drug-likeness (QED) is 0.617. The molecular weight excluding hydrogens is 379 g/mol. The van der Waals surface area contributed by atoms with Gasteiger partial charge in [0.1, 0.15) is 11.6 Å². The molecule has 150 valence electrons. The number of hydrogen-bond donors (Lipinski definition) is 1. The summed E-state index contributed by atoms with van der Waals surface area (Å²) in [6.45, 7) is 1.85. The number of nitrogens with one attached hydrogen (secondary N) is 1. The van der Waals surface area contributed by atoms with Gasteiger partial charge in [0, 0.05) is 18.0 Å². The van der Waals surface area contributed by atoms with Crippen molar-refractivity contribution >= 4 is 17.6 Å². The number of amides is 1. The molecule has 1 amide bonds. The Morgan fingerprint density at radius 2 is 1.90 bits per heavy atom. The molecular formula is C21H19FN2O5. The highest BCUT2D eigenvalue weighted by atomic mass is 19.1. The van der Waals surface area contributed by atoms with Gasteiger partial charge in [-0.15, -0.1) is 0 Å². The van der Waals surface area contributed by atoms with E-state index in [0.29, 0.717) is 11.4 Å². The van der Waals surface area contributed by atoms with Crippen molar-refractivity contribution in [2.24, 2.45) is 0 Å². The second-order valence-electron chi connectivity index (χ2n) is 6.23. The van der Waals surface area contributed by atoms with Crippen molar-refractivity contribution in [1.82, 2.24) is 4.57 Å². The number of carbonyl (C=O) groups excluding carboxylic acids is 2. The fourth-order valence-electron chi connectivity index (χ4n) is 2.60. The molecule has 8 heteroatoms. The number of rotatable bonds is 7. The predicted molar refractivity (Wildman–Crippen MR) is 103 cm³/mol. The molecule has 3 aromatic rings. The van der Waals surface area contributed by atoms with Crippen molar-refractivity contribution < 1.29 is 23.1 Å². The zero-order chi connectivity index (χ0) is 20.8. The second-order valence-corrected chi connectivity index (χ2v) is 6.23. The normalized spacial score (nSPS) is 11.7. The fraction of sp³-hybridized carbons (Fsp3) is 0.190. The molecule has 0 saturated carbocycles. The van der Waals surface area contributed by atoms with Gasteiger partial charge in [-0.3, -0.25) is 9.59 Å². The first-order valence-corrected chi connectivity index (χ1v) is 8.98. The predicted octanol–water partition coefficient (Wildman–Crippen LogP) is 3.20. The zero-order valence-corrected chi connectivity index (χ0v) is 15.6. The van der Waals surface area contributed by atoms with E-state index >= 15 is 0 Å². The Labute approximate surface area is 165 Å². The third-order valence-corrected chi connectivity index (χ3v) is 4.11. The highest BCUT2D eigenvalue weighted by Gasteiger charge is 2.24. The number of benzene rings is 1. The van der Waals surface area contributed by atoms with Crippen LogP contribution in [0, 0.1) is 5.82 Å². The Bertz CT molecular complexity index is 1060. The molecule has 0 aliphatic heterocycles. The van der Waals surface area contributed by atoms with Gasteiger partial charge in [0.05, 0.1) is 6.54 Å². The number of ether oxygens (including phenoxy) is 1. The molecule has 0 spiro atoms. The maximum Gasteiger partial charge on any atom is 0.375 e. The first kappa shape index (κ1) is 20.1. The summed E-state index contributed by atoms with van der Waals surface area (Å²) in [7, 11) is 0. The maximum atomic E-state index is 13.0. The summed E-state index contributed by atoms with van der Waals surface area (Å²) in [6.07, 6.45) is 0.805. The Hall–Kier alpha value is -3.68. The van der Waals surface area contributed by atoms with Crippen LogP contribution in [0.25, 0.3) is 0 Å². The first-order valence-electron chi connectivity index (χ1n) is 8.98. The van der Waals surface area contributed by atoms with Gasteiger partial charge in [-0.25, -0.2) is 9.18 Å². The van der Waals surface area contributed by atoms with Crippen LogP contribution in [0.4, 0.5) is 10.1 Å². The van der Waals surface area contributed by atoms with Gasteiger partial charge in [0.25, 0.3) is 11.5 Å². The number of furan rings is 1. The summed E-state index contributed by atoms with van der Waals surface area (Å²) in [6, 6.07) is 13.0. The third kappa shape index (κ3) is 5.19. The lowest BCUT2D eigenvalue weighted by Crippen LogP contribution is -2.32. The van der Waals surface area contributed by atoms with Gasteiger partial charge in [0.15, 0.2) is 6.10 Å². The van der Waals surface area contributed by atoms with Crippen LogP contribution in [0.3, 0.4) is 0 Å². The minimum Gasteiger partial charge on any atom is -0.452 e. The van der Waals surface area contributed by atoms with Crippen LogP contribution in [0.1, 0.15) is 29.7 Å². The maximum absolute atomic E-state index is 13.0. The second kappa shape index (κ2) is 9.01. The van der Waals surface area contributed by atoms with Gasteiger partial charge in [-0.1, -0.05) is 13.0 Å². The van der Waals surface area contributed by atoms with Crippen LogP contribution in [0.5, 0.6) is 0 Å². The molecule has 0 aliphatic carbocycles. The van der Waals surface area contributed by atoms with Crippen molar-refractivity contribution in [1.29, 1.82) is 0 Å². The van der Waals surface area contributed by atoms with Gasteiger partial charge in [-0.2, -0.15) is 0 Å². The van der Waals surface area contributed by atoms with Crippen molar-refractivity contribution in [3.63, 3.8) is 0 Å². The van der Waals surface area contributed by atoms with E-state index in [1.807, 2.05) is 0 Å². The summed E-state index contributed by atoms with van der Waals surface area (Å²) in [4.78, 5) is 36.4. The summed E-state index contributed by atoms with van der Waals surface area (Å²) in [5.74, 6) is -1.42. The first-order chi connectivity index (χ1) is 14.0. The van der Waals surface area contributed by atoms with Crippen LogP contribution >= 0.6 is 0 Å². The van der Waals surface area contributed by atoms with Crippen LogP contribution in [-0.4, -0.2) is 22.5 Å². The molecule has 0 fully saturated rings. The molecule has 1 atom stereocenters. The van der Waals surface area contributed by atoms with E-state index < -0.39 is 23.8 Å². The molecule has 1 N–H and O–H groups in total. The Morgan fingerprint density at radius 1 is 1.14 bits per heavy atom. The Balaban J connectivity index is 1.63. The van der Waals surface area contributed by atoms with Gasteiger partial charge in [-0.05, 0) is 48.9 Å². The number of anilines is 1. The summed E-state index contributed by atoms with van der Waals surface area (Å²) < 4.78 is 25.1. The van der Waals surface area contributed by atoms with Crippen LogP contribution in [0.15, 0.2) is 70.0 Å². The Morgan fingerprint density at radius 3 is 2.59 bits per heavy atom. The summed E-state index contributed by atoms with van der Waals surface area (Å²) in [5.41, 5.74) is 0.191. The summed E-state index contributed by atoms with van der Waals surface area (Å²) >= 11 is 0. The van der Waals surface area contributed by atoms with E-state index in [1.54, 1.807) is 31.3 Å². The average molecular weight is 398 g/mol. The molecule has 0 bridgehead atoms. The van der Waals surface area contributed by atoms with Crippen molar-refractivity contribution in [3.05, 3.63) is 88.5 Å². The number of hydrogen-bond acceptors (Lipinski definition) is 5. The lowest BCUT2D eigenvalue weighted by atomic mass is 10.2. The molecule has 2 heterocycles. The van der Waals surface area contributed by atoms with Crippen molar-refractivity contribution in [2.45, 2.75) is 26.0 Å². The molecule has 1 aromatic carbocycles. The molecule has 3 rings (SSSR count). The van der Waals surface area contributed by atoms with E-state index in [0.717, 1.165) is 0 Å². The van der Waals surface area contributed by atoms with E-state index in [4.69, 9.17) is 9.15 Å². The van der Waals surface area contributed by atoms with E-state index in [2.05, 4.69) is 5.32 Å². The standard InChI is InChI=1S/C21H19FN2O5/c1-2-17(20(26)23-15-8-6-14(22)7-9-15)29-21(27)18-11-10-16(28-18)13-24-12-4-3-5-19(24)25/h3-12,17H,2,13H2,1H3,(H,23,26)/t17-/m1/s1. The number of nitrogens with zero attached hydrogens (tertiary/aromatic N) is 1. The number of carbonyl (C=O) groups is 2. The van der Waals surface area contributed by atoms with Crippen LogP contribution < -0.4 is 10.9 Å². The number of pyridine rings is 1. The average Bonchev–Trinajstić information content (AvgIpc) is 3.18. The van der Waals surface area contributed by atoms with Gasteiger partial charge < -0.3 is 19.0 Å². The summed E-state index contributed by atoms with van der Waals surface area (Å²) in [5, 5.41) is 2.57. The highest BCUT2D eigenvalue weighted by molar-refractivity contribution is 5.96. The molecule has 0 radical (unpaired) electrons. The smallest absolute Gasteiger partial charge is 0.375 e. The number of aromatic nitrogens is 1. The molecule has 0 aliphatic rings. The Kier molecular flexibility index (Phi) is 6.23. The lowest BCUT2D eigenvalue weighted by molar-refractivity contribution is -0.124.